The summed E-state index contributed by atoms with van der Waals surface area (Å²) in [5, 5.41) is 8.86. The van der Waals surface area contributed by atoms with Crippen molar-refractivity contribution in [3.8, 4) is 17.3 Å². The third kappa shape index (κ3) is 5.53. The lowest BCUT2D eigenvalue weighted by molar-refractivity contribution is 0.717. The molecular formula is C25H26N2. The van der Waals surface area contributed by atoms with E-state index in [9.17, 15) is 0 Å². The first-order valence-electron chi connectivity index (χ1n) is 9.82. The Bertz CT molecular complexity index is 870. The zero-order chi connectivity index (χ0) is 18.9. The summed E-state index contributed by atoms with van der Waals surface area (Å²) in [6.45, 7) is 2.25. The van der Waals surface area contributed by atoms with Crippen LogP contribution in [0.3, 0.4) is 0 Å². The number of aryl methyl sites for hydroxylation is 3. The van der Waals surface area contributed by atoms with Gasteiger partial charge in [0.25, 0.3) is 0 Å². The van der Waals surface area contributed by atoms with Gasteiger partial charge in [0.1, 0.15) is 6.07 Å². The summed E-state index contributed by atoms with van der Waals surface area (Å²) in [4.78, 5) is 4.36. The van der Waals surface area contributed by atoms with E-state index in [1.165, 1.54) is 42.4 Å². The Morgan fingerprint density at radius 1 is 0.741 bits per heavy atom. The van der Waals surface area contributed by atoms with Crippen LogP contribution >= 0.6 is 0 Å². The Balaban J connectivity index is 1.54. The average molecular weight is 354 g/mol. The zero-order valence-corrected chi connectivity index (χ0v) is 16.0. The Morgan fingerprint density at radius 3 is 1.85 bits per heavy atom. The van der Waals surface area contributed by atoms with Gasteiger partial charge in [0, 0.05) is 11.8 Å². The molecule has 0 spiro atoms. The number of aromatic nitrogens is 1. The molecule has 0 amide bonds. The fourth-order valence-corrected chi connectivity index (χ4v) is 3.21. The van der Waals surface area contributed by atoms with Crippen LogP contribution in [-0.4, -0.2) is 4.98 Å². The fraction of sp³-hybridized carbons (Fsp3) is 0.280. The van der Waals surface area contributed by atoms with Gasteiger partial charge in [0.2, 0.25) is 0 Å². The average Bonchev–Trinajstić information content (AvgIpc) is 2.74. The molecule has 2 nitrogen and oxygen atoms in total. The number of pyridine rings is 1. The molecule has 0 aliphatic carbocycles. The summed E-state index contributed by atoms with van der Waals surface area (Å²) in [5.41, 5.74) is 6.75. The number of nitriles is 1. The maximum atomic E-state index is 8.86. The molecule has 27 heavy (non-hydrogen) atoms. The van der Waals surface area contributed by atoms with E-state index in [2.05, 4.69) is 66.5 Å². The molecule has 2 aromatic carbocycles. The molecule has 0 bridgehead atoms. The number of rotatable bonds is 8. The van der Waals surface area contributed by atoms with E-state index >= 15 is 0 Å². The molecule has 3 aromatic rings. The lowest BCUT2D eigenvalue weighted by Gasteiger charge is -2.06. The smallest absolute Gasteiger partial charge is 0.101 e. The molecular weight excluding hydrogens is 328 g/mol. The summed E-state index contributed by atoms with van der Waals surface area (Å²) >= 11 is 0. The third-order valence-electron chi connectivity index (χ3n) is 4.94. The molecule has 0 radical (unpaired) electrons. The highest BCUT2D eigenvalue weighted by molar-refractivity contribution is 5.59. The monoisotopic (exact) mass is 354 g/mol. The van der Waals surface area contributed by atoms with Crippen LogP contribution in [0.2, 0.25) is 0 Å². The molecule has 136 valence electrons. The molecule has 0 unspecified atom stereocenters. The van der Waals surface area contributed by atoms with Crippen LogP contribution in [0.1, 0.15) is 48.4 Å². The predicted molar refractivity (Wildman–Crippen MR) is 111 cm³/mol. The minimum atomic E-state index is 0.590. The van der Waals surface area contributed by atoms with E-state index in [0.717, 1.165) is 24.1 Å². The van der Waals surface area contributed by atoms with Gasteiger partial charge in [-0.05, 0) is 54.5 Å². The SMILES string of the molecule is CCCCCc1ccc(CCc2ccc(-c3ccc(C#N)cn3)cc2)cc1. The van der Waals surface area contributed by atoms with Crippen molar-refractivity contribution in [3.63, 3.8) is 0 Å². The van der Waals surface area contributed by atoms with Crippen LogP contribution < -0.4 is 0 Å². The molecule has 0 aliphatic heterocycles. The minimum absolute atomic E-state index is 0.590. The summed E-state index contributed by atoms with van der Waals surface area (Å²) < 4.78 is 0. The first kappa shape index (κ1) is 18.9. The Morgan fingerprint density at radius 2 is 1.33 bits per heavy atom. The number of nitrogens with zero attached hydrogens (tertiary/aromatic N) is 2. The molecule has 3 rings (SSSR count). The molecule has 1 heterocycles. The van der Waals surface area contributed by atoms with E-state index in [-0.39, 0.29) is 0 Å². The summed E-state index contributed by atoms with van der Waals surface area (Å²) in [7, 11) is 0. The summed E-state index contributed by atoms with van der Waals surface area (Å²) in [5.74, 6) is 0. The van der Waals surface area contributed by atoms with Crippen LogP contribution in [0, 0.1) is 11.3 Å². The Kier molecular flexibility index (Phi) is 6.77. The van der Waals surface area contributed by atoms with Crippen LogP contribution in [-0.2, 0) is 19.3 Å². The van der Waals surface area contributed by atoms with E-state index in [4.69, 9.17) is 5.26 Å². The second kappa shape index (κ2) is 9.69. The molecule has 0 N–H and O–H groups in total. The molecule has 0 saturated heterocycles. The van der Waals surface area contributed by atoms with Gasteiger partial charge in [-0.25, -0.2) is 0 Å². The van der Waals surface area contributed by atoms with Gasteiger partial charge in [-0.2, -0.15) is 5.26 Å². The van der Waals surface area contributed by atoms with Crippen LogP contribution in [0.4, 0.5) is 0 Å². The van der Waals surface area contributed by atoms with Crippen molar-refractivity contribution in [1.29, 1.82) is 5.26 Å². The highest BCUT2D eigenvalue weighted by Gasteiger charge is 2.02. The maximum Gasteiger partial charge on any atom is 0.101 e. The molecule has 2 heteroatoms. The standard InChI is InChI=1S/C25H26N2/c1-2-3-4-5-20-6-8-21(9-7-20)10-11-22-12-15-24(16-13-22)25-17-14-23(18-26)19-27-25/h6-9,12-17,19H,2-5,10-11H2,1H3. The highest BCUT2D eigenvalue weighted by atomic mass is 14.7. The number of unbranched alkanes of at least 4 members (excludes halogenated alkanes) is 2. The van der Waals surface area contributed by atoms with Crippen LogP contribution in [0.5, 0.6) is 0 Å². The van der Waals surface area contributed by atoms with Gasteiger partial charge >= 0.3 is 0 Å². The topological polar surface area (TPSA) is 36.7 Å². The van der Waals surface area contributed by atoms with Crippen molar-refractivity contribution >= 4 is 0 Å². The molecule has 1 aromatic heterocycles. The second-order valence-electron chi connectivity index (χ2n) is 7.01. The lowest BCUT2D eigenvalue weighted by Crippen LogP contribution is -1.93. The Labute approximate surface area is 162 Å². The largest absolute Gasteiger partial charge is 0.255 e. The van der Waals surface area contributed by atoms with E-state index in [1.54, 1.807) is 6.20 Å². The van der Waals surface area contributed by atoms with Gasteiger partial charge in [0.05, 0.1) is 11.3 Å². The van der Waals surface area contributed by atoms with E-state index in [0.29, 0.717) is 5.56 Å². The molecule has 0 aliphatic rings. The first-order valence-corrected chi connectivity index (χ1v) is 9.82. The van der Waals surface area contributed by atoms with Crippen molar-refractivity contribution in [2.45, 2.75) is 45.4 Å². The highest BCUT2D eigenvalue weighted by Crippen LogP contribution is 2.19. The van der Waals surface area contributed by atoms with Crippen molar-refractivity contribution in [2.75, 3.05) is 0 Å². The summed E-state index contributed by atoms with van der Waals surface area (Å²) in [6.07, 6.45) is 8.79. The van der Waals surface area contributed by atoms with Crippen LogP contribution in [0.15, 0.2) is 66.9 Å². The number of benzene rings is 2. The lowest BCUT2D eigenvalue weighted by atomic mass is 10.00. The van der Waals surface area contributed by atoms with Gasteiger partial charge < -0.3 is 0 Å². The van der Waals surface area contributed by atoms with Crippen molar-refractivity contribution in [3.05, 3.63) is 89.1 Å². The van der Waals surface area contributed by atoms with E-state index in [1.807, 2.05) is 12.1 Å². The first-order chi connectivity index (χ1) is 13.3. The Hall–Kier alpha value is -2.92. The van der Waals surface area contributed by atoms with E-state index < -0.39 is 0 Å². The quantitative estimate of drug-likeness (QED) is 0.456. The maximum absolute atomic E-state index is 8.86. The van der Waals surface area contributed by atoms with Crippen molar-refractivity contribution < 1.29 is 0 Å². The van der Waals surface area contributed by atoms with Crippen molar-refractivity contribution in [1.82, 2.24) is 4.98 Å². The zero-order valence-electron chi connectivity index (χ0n) is 16.0. The van der Waals surface area contributed by atoms with Crippen LogP contribution in [0.25, 0.3) is 11.3 Å². The minimum Gasteiger partial charge on any atom is -0.255 e. The van der Waals surface area contributed by atoms with Crippen molar-refractivity contribution in [2.24, 2.45) is 0 Å². The predicted octanol–water partition coefficient (Wildman–Crippen LogP) is 6.14. The summed E-state index contributed by atoms with van der Waals surface area (Å²) in [6, 6.07) is 23.5. The number of hydrogen-bond acceptors (Lipinski definition) is 2. The third-order valence-corrected chi connectivity index (χ3v) is 4.94. The van der Waals surface area contributed by atoms with Gasteiger partial charge in [-0.15, -0.1) is 0 Å². The van der Waals surface area contributed by atoms with Gasteiger partial charge in [0.15, 0.2) is 0 Å². The van der Waals surface area contributed by atoms with Gasteiger partial charge in [-0.3, -0.25) is 4.98 Å². The molecule has 0 atom stereocenters. The molecule has 0 saturated carbocycles. The second-order valence-corrected chi connectivity index (χ2v) is 7.01. The normalized spacial score (nSPS) is 10.5. The van der Waals surface area contributed by atoms with Gasteiger partial charge in [-0.1, -0.05) is 68.3 Å². The molecule has 0 fully saturated rings. The number of hydrogen-bond donors (Lipinski definition) is 0. The fourth-order valence-electron chi connectivity index (χ4n) is 3.21.